The lowest BCUT2D eigenvalue weighted by Gasteiger charge is -2.40. The van der Waals surface area contributed by atoms with Crippen molar-refractivity contribution in [1.29, 1.82) is 0 Å². The molecule has 0 bridgehead atoms. The van der Waals surface area contributed by atoms with Gasteiger partial charge in [0.2, 0.25) is 0 Å². The van der Waals surface area contributed by atoms with E-state index in [-0.39, 0.29) is 12.0 Å². The molecular formula is C20H32N2O4S. The fraction of sp³-hybridized carbons (Fsp3) is 0.700. The van der Waals surface area contributed by atoms with Crippen LogP contribution in [0.2, 0.25) is 0 Å². The Labute approximate surface area is 163 Å². The van der Waals surface area contributed by atoms with Crippen molar-refractivity contribution < 1.29 is 17.9 Å². The van der Waals surface area contributed by atoms with Gasteiger partial charge in [-0.25, -0.2) is 8.42 Å². The molecule has 2 unspecified atom stereocenters. The van der Waals surface area contributed by atoms with E-state index in [0.717, 1.165) is 49.4 Å². The summed E-state index contributed by atoms with van der Waals surface area (Å²) >= 11 is 0. The summed E-state index contributed by atoms with van der Waals surface area (Å²) in [5.74, 6) is 1.75. The van der Waals surface area contributed by atoms with E-state index in [9.17, 15) is 8.42 Å². The van der Waals surface area contributed by atoms with E-state index in [1.807, 2.05) is 12.1 Å². The number of sulfone groups is 1. The topological polar surface area (TPSA) is 67.9 Å². The van der Waals surface area contributed by atoms with E-state index in [1.165, 1.54) is 6.26 Å². The standard InChI is InChI=1S/C20H32N2O4S/c1-4-22(20(27(3,23)24)17-7-9-21-10-8-17)15(2)13-16-5-6-18-19(14-16)26-12-11-25-18/h5-6,14-15,17,20-21H,4,7-13H2,1-3H3. The maximum atomic E-state index is 12.7. The third-order valence-corrected chi connectivity index (χ3v) is 7.15. The Morgan fingerprint density at radius 1 is 1.19 bits per heavy atom. The van der Waals surface area contributed by atoms with Crippen LogP contribution in [0.15, 0.2) is 18.2 Å². The number of nitrogens with one attached hydrogen (secondary N) is 1. The van der Waals surface area contributed by atoms with Crippen LogP contribution in [0.25, 0.3) is 0 Å². The maximum absolute atomic E-state index is 12.7. The van der Waals surface area contributed by atoms with Crippen LogP contribution in [0.5, 0.6) is 11.5 Å². The zero-order valence-electron chi connectivity index (χ0n) is 16.6. The quantitative estimate of drug-likeness (QED) is 0.761. The van der Waals surface area contributed by atoms with Gasteiger partial charge in [0, 0.05) is 12.3 Å². The van der Waals surface area contributed by atoms with Crippen molar-refractivity contribution in [3.8, 4) is 11.5 Å². The SMILES string of the molecule is CCN(C(C)Cc1ccc2c(c1)OCCO2)C(C1CCNCC1)S(C)(=O)=O. The lowest BCUT2D eigenvalue weighted by atomic mass is 9.95. The van der Waals surface area contributed by atoms with Gasteiger partial charge in [-0.05, 0) is 69.4 Å². The molecule has 7 heteroatoms. The van der Waals surface area contributed by atoms with Crippen molar-refractivity contribution in [3.05, 3.63) is 23.8 Å². The minimum absolute atomic E-state index is 0.118. The van der Waals surface area contributed by atoms with Gasteiger partial charge < -0.3 is 14.8 Å². The second kappa shape index (κ2) is 8.80. The molecular weight excluding hydrogens is 364 g/mol. The number of piperidine rings is 1. The Morgan fingerprint density at radius 3 is 2.48 bits per heavy atom. The predicted octanol–water partition coefficient (Wildman–Crippen LogP) is 2.08. The molecule has 3 rings (SSSR count). The van der Waals surface area contributed by atoms with Crippen molar-refractivity contribution in [2.45, 2.75) is 44.5 Å². The van der Waals surface area contributed by atoms with Gasteiger partial charge in [0.1, 0.15) is 18.6 Å². The highest BCUT2D eigenvalue weighted by atomic mass is 32.2. The highest BCUT2D eigenvalue weighted by Gasteiger charge is 2.37. The van der Waals surface area contributed by atoms with Gasteiger partial charge >= 0.3 is 0 Å². The molecule has 27 heavy (non-hydrogen) atoms. The Kier molecular flexibility index (Phi) is 6.65. The first-order valence-corrected chi connectivity index (χ1v) is 11.9. The number of benzene rings is 1. The van der Waals surface area contributed by atoms with Crippen molar-refractivity contribution in [2.75, 3.05) is 39.1 Å². The summed E-state index contributed by atoms with van der Waals surface area (Å²) in [6.45, 7) is 7.83. The molecule has 1 saturated heterocycles. The summed E-state index contributed by atoms with van der Waals surface area (Å²) < 4.78 is 36.6. The first-order valence-electron chi connectivity index (χ1n) is 9.94. The van der Waals surface area contributed by atoms with Crippen LogP contribution in [0, 0.1) is 5.92 Å². The number of hydrogen-bond acceptors (Lipinski definition) is 6. The summed E-state index contributed by atoms with van der Waals surface area (Å²) in [5, 5.41) is 2.92. The van der Waals surface area contributed by atoms with E-state index in [1.54, 1.807) is 0 Å². The Bertz CT molecular complexity index is 731. The van der Waals surface area contributed by atoms with Gasteiger partial charge in [0.15, 0.2) is 21.3 Å². The molecule has 0 aromatic heterocycles. The number of likely N-dealkylation sites (N-methyl/N-ethyl adjacent to an activating group) is 1. The smallest absolute Gasteiger partial charge is 0.163 e. The first kappa shape index (κ1) is 20.4. The molecule has 6 nitrogen and oxygen atoms in total. The predicted molar refractivity (Wildman–Crippen MR) is 107 cm³/mol. The molecule has 2 heterocycles. The Morgan fingerprint density at radius 2 is 1.85 bits per heavy atom. The number of ether oxygens (including phenoxy) is 2. The number of hydrogen-bond donors (Lipinski definition) is 1. The maximum Gasteiger partial charge on any atom is 0.163 e. The monoisotopic (exact) mass is 396 g/mol. The minimum Gasteiger partial charge on any atom is -0.486 e. The number of nitrogens with zero attached hydrogens (tertiary/aromatic N) is 1. The van der Waals surface area contributed by atoms with Gasteiger partial charge in [-0.2, -0.15) is 0 Å². The Hall–Kier alpha value is -1.31. The summed E-state index contributed by atoms with van der Waals surface area (Å²) in [7, 11) is -3.17. The first-order chi connectivity index (χ1) is 12.9. The van der Waals surface area contributed by atoms with Crippen LogP contribution >= 0.6 is 0 Å². The van der Waals surface area contributed by atoms with E-state index < -0.39 is 15.2 Å². The lowest BCUT2D eigenvalue weighted by molar-refractivity contribution is 0.138. The molecule has 0 aliphatic carbocycles. The van der Waals surface area contributed by atoms with Crippen molar-refractivity contribution in [3.63, 3.8) is 0 Å². The van der Waals surface area contributed by atoms with Crippen LogP contribution in [-0.4, -0.2) is 63.8 Å². The third kappa shape index (κ3) is 4.95. The average Bonchev–Trinajstić information content (AvgIpc) is 2.65. The minimum atomic E-state index is -3.17. The summed E-state index contributed by atoms with van der Waals surface area (Å²) in [4.78, 5) is 2.17. The number of fused-ring (bicyclic) bond motifs is 1. The molecule has 0 radical (unpaired) electrons. The second-order valence-corrected chi connectivity index (χ2v) is 9.81. The zero-order valence-corrected chi connectivity index (χ0v) is 17.4. The van der Waals surface area contributed by atoms with Crippen LogP contribution in [0.3, 0.4) is 0 Å². The normalized spacial score (nSPS) is 20.4. The van der Waals surface area contributed by atoms with Crippen LogP contribution in [-0.2, 0) is 16.3 Å². The largest absolute Gasteiger partial charge is 0.486 e. The second-order valence-electron chi connectivity index (χ2n) is 7.67. The summed E-state index contributed by atoms with van der Waals surface area (Å²) in [6.07, 6.45) is 3.98. The lowest BCUT2D eigenvalue weighted by Crippen LogP contribution is -2.52. The fourth-order valence-corrected chi connectivity index (χ4v) is 6.23. The summed E-state index contributed by atoms with van der Waals surface area (Å²) in [5.41, 5.74) is 1.14. The van der Waals surface area contributed by atoms with Gasteiger partial charge in [0.25, 0.3) is 0 Å². The van der Waals surface area contributed by atoms with Crippen LogP contribution < -0.4 is 14.8 Å². The van der Waals surface area contributed by atoms with Crippen molar-refractivity contribution in [2.24, 2.45) is 5.92 Å². The molecule has 0 spiro atoms. The van der Waals surface area contributed by atoms with E-state index >= 15 is 0 Å². The van der Waals surface area contributed by atoms with Crippen LogP contribution in [0.4, 0.5) is 0 Å². The molecule has 1 aromatic carbocycles. The van der Waals surface area contributed by atoms with Crippen molar-refractivity contribution in [1.82, 2.24) is 10.2 Å². The highest BCUT2D eigenvalue weighted by molar-refractivity contribution is 7.91. The Balaban J connectivity index is 1.78. The summed E-state index contributed by atoms with van der Waals surface area (Å²) in [6, 6.07) is 6.15. The molecule has 152 valence electrons. The fourth-order valence-electron chi connectivity index (χ4n) is 4.41. The van der Waals surface area contributed by atoms with Gasteiger partial charge in [-0.15, -0.1) is 0 Å². The molecule has 2 aliphatic heterocycles. The van der Waals surface area contributed by atoms with E-state index in [2.05, 4.69) is 30.1 Å². The zero-order chi connectivity index (χ0) is 19.4. The molecule has 2 aliphatic rings. The van der Waals surface area contributed by atoms with Gasteiger partial charge in [-0.3, -0.25) is 4.90 Å². The molecule has 0 saturated carbocycles. The average molecular weight is 397 g/mol. The van der Waals surface area contributed by atoms with Crippen LogP contribution in [0.1, 0.15) is 32.3 Å². The van der Waals surface area contributed by atoms with Crippen molar-refractivity contribution >= 4 is 9.84 Å². The molecule has 1 aromatic rings. The highest BCUT2D eigenvalue weighted by Crippen LogP contribution is 2.32. The molecule has 2 atom stereocenters. The number of rotatable bonds is 7. The molecule has 0 amide bonds. The van der Waals surface area contributed by atoms with Gasteiger partial charge in [0.05, 0.1) is 0 Å². The third-order valence-electron chi connectivity index (χ3n) is 5.62. The molecule has 1 fully saturated rings. The molecule has 1 N–H and O–H groups in total. The van der Waals surface area contributed by atoms with E-state index in [4.69, 9.17) is 9.47 Å². The van der Waals surface area contributed by atoms with Gasteiger partial charge in [-0.1, -0.05) is 13.0 Å². The van der Waals surface area contributed by atoms with E-state index in [0.29, 0.717) is 19.8 Å².